The third-order valence-corrected chi connectivity index (χ3v) is 3.13. The lowest BCUT2D eigenvalue weighted by Gasteiger charge is -2.04. The Morgan fingerprint density at radius 1 is 1.21 bits per heavy atom. The van der Waals surface area contributed by atoms with E-state index in [4.69, 9.17) is 4.74 Å². The predicted octanol–water partition coefficient (Wildman–Crippen LogP) is 1.75. The van der Waals surface area contributed by atoms with E-state index in [2.05, 4.69) is 4.74 Å². The molecule has 0 radical (unpaired) electrons. The smallest absolute Gasteiger partial charge is 0.340 e. The van der Waals surface area contributed by atoms with E-state index in [0.29, 0.717) is 11.3 Å². The van der Waals surface area contributed by atoms with Crippen molar-refractivity contribution in [2.45, 2.75) is 13.3 Å². The number of hydrogen-bond acceptors (Lipinski definition) is 4. The van der Waals surface area contributed by atoms with Gasteiger partial charge in [0.25, 0.3) is 0 Å². The molecule has 0 bridgehead atoms. The van der Waals surface area contributed by atoms with Gasteiger partial charge in [0.2, 0.25) is 0 Å². The average molecular weight is 261 g/mol. The van der Waals surface area contributed by atoms with Crippen LogP contribution in [0.1, 0.15) is 21.6 Å². The van der Waals surface area contributed by atoms with Gasteiger partial charge in [0, 0.05) is 17.4 Å². The van der Waals surface area contributed by atoms with Crippen LogP contribution in [0.2, 0.25) is 0 Å². The third-order valence-electron chi connectivity index (χ3n) is 3.13. The Bertz CT molecular complexity index is 642. The zero-order chi connectivity index (χ0) is 14.0. The first-order chi connectivity index (χ1) is 9.10. The first-order valence-electron chi connectivity index (χ1n) is 5.83. The largest absolute Gasteiger partial charge is 0.469 e. The monoisotopic (exact) mass is 261 g/mol. The predicted molar refractivity (Wildman–Crippen MR) is 69.2 cm³/mol. The highest BCUT2D eigenvalue weighted by molar-refractivity contribution is 5.96. The van der Waals surface area contributed by atoms with Gasteiger partial charge in [-0.25, -0.2) is 4.79 Å². The molecule has 2 heterocycles. The van der Waals surface area contributed by atoms with Crippen molar-refractivity contribution < 1.29 is 19.1 Å². The molecule has 0 fully saturated rings. The van der Waals surface area contributed by atoms with Crippen molar-refractivity contribution in [1.29, 1.82) is 0 Å². The number of carbonyl (C=O) groups is 2. The summed E-state index contributed by atoms with van der Waals surface area (Å²) in [5, 5.41) is 0. The van der Waals surface area contributed by atoms with Gasteiger partial charge in [0.15, 0.2) is 0 Å². The van der Waals surface area contributed by atoms with Crippen LogP contribution in [0.3, 0.4) is 0 Å². The third kappa shape index (κ3) is 2.19. The van der Waals surface area contributed by atoms with Gasteiger partial charge in [-0.2, -0.15) is 0 Å². The Kier molecular flexibility index (Phi) is 3.55. The van der Waals surface area contributed by atoms with Crippen LogP contribution in [0.5, 0.6) is 0 Å². The Morgan fingerprint density at radius 3 is 2.58 bits per heavy atom. The molecule has 0 spiro atoms. The van der Waals surface area contributed by atoms with E-state index in [0.717, 1.165) is 11.1 Å². The van der Waals surface area contributed by atoms with E-state index < -0.39 is 11.9 Å². The molecule has 100 valence electrons. The van der Waals surface area contributed by atoms with Gasteiger partial charge in [-0.15, -0.1) is 0 Å². The van der Waals surface area contributed by atoms with Gasteiger partial charge in [-0.1, -0.05) is 6.07 Å². The van der Waals surface area contributed by atoms with Crippen LogP contribution < -0.4 is 0 Å². The maximum absolute atomic E-state index is 11.9. The van der Waals surface area contributed by atoms with E-state index in [9.17, 15) is 9.59 Å². The van der Waals surface area contributed by atoms with E-state index >= 15 is 0 Å². The molecule has 0 saturated carbocycles. The standard InChI is InChI=1S/C14H15NO4/c1-9-10-6-4-5-7-15(10)11(8-12(16)18-2)13(9)14(17)19-3/h4-7H,8H2,1-3H3. The van der Waals surface area contributed by atoms with Crippen LogP contribution in [0.15, 0.2) is 24.4 Å². The zero-order valence-corrected chi connectivity index (χ0v) is 11.1. The minimum atomic E-state index is -0.444. The number of aromatic nitrogens is 1. The molecule has 19 heavy (non-hydrogen) atoms. The van der Waals surface area contributed by atoms with Gasteiger partial charge < -0.3 is 13.9 Å². The van der Waals surface area contributed by atoms with Crippen molar-refractivity contribution in [2.75, 3.05) is 14.2 Å². The summed E-state index contributed by atoms with van der Waals surface area (Å²) in [4.78, 5) is 23.4. The van der Waals surface area contributed by atoms with Crippen molar-refractivity contribution in [2.24, 2.45) is 0 Å². The van der Waals surface area contributed by atoms with Gasteiger partial charge in [0.05, 0.1) is 26.2 Å². The molecular formula is C14H15NO4. The Hall–Kier alpha value is -2.30. The highest BCUT2D eigenvalue weighted by Gasteiger charge is 2.23. The fraction of sp³-hybridized carbons (Fsp3) is 0.286. The van der Waals surface area contributed by atoms with Gasteiger partial charge in [-0.05, 0) is 24.6 Å². The molecule has 0 aromatic carbocycles. The normalized spacial score (nSPS) is 10.5. The van der Waals surface area contributed by atoms with E-state index in [-0.39, 0.29) is 6.42 Å². The first-order valence-corrected chi connectivity index (χ1v) is 5.83. The maximum atomic E-state index is 11.9. The Balaban J connectivity index is 2.69. The minimum Gasteiger partial charge on any atom is -0.469 e. The summed E-state index contributed by atoms with van der Waals surface area (Å²) >= 11 is 0. The number of esters is 2. The highest BCUT2D eigenvalue weighted by Crippen LogP contribution is 2.24. The Morgan fingerprint density at radius 2 is 1.95 bits per heavy atom. The summed E-state index contributed by atoms with van der Waals surface area (Å²) in [6.45, 7) is 1.84. The lowest BCUT2D eigenvalue weighted by Crippen LogP contribution is -2.12. The molecule has 2 rings (SSSR count). The van der Waals surface area contributed by atoms with Crippen molar-refractivity contribution in [1.82, 2.24) is 4.40 Å². The fourth-order valence-electron chi connectivity index (χ4n) is 2.20. The van der Waals surface area contributed by atoms with Crippen LogP contribution in [0.4, 0.5) is 0 Å². The van der Waals surface area contributed by atoms with Crippen molar-refractivity contribution in [3.8, 4) is 0 Å². The number of methoxy groups -OCH3 is 2. The number of pyridine rings is 1. The number of fused-ring (bicyclic) bond motifs is 1. The van der Waals surface area contributed by atoms with E-state index in [1.807, 2.05) is 35.7 Å². The lowest BCUT2D eigenvalue weighted by molar-refractivity contribution is -0.139. The number of carbonyl (C=O) groups excluding carboxylic acids is 2. The molecule has 0 aliphatic rings. The summed E-state index contributed by atoms with van der Waals surface area (Å²) in [5.74, 6) is -0.839. The molecule has 0 N–H and O–H groups in total. The molecule has 5 heteroatoms. The van der Waals surface area contributed by atoms with Gasteiger partial charge >= 0.3 is 11.9 Å². The quantitative estimate of drug-likeness (QED) is 0.790. The van der Waals surface area contributed by atoms with Crippen LogP contribution in [0, 0.1) is 6.92 Å². The highest BCUT2D eigenvalue weighted by atomic mass is 16.5. The summed E-state index contributed by atoms with van der Waals surface area (Å²) in [5.41, 5.74) is 2.69. The van der Waals surface area contributed by atoms with Crippen LogP contribution in [-0.4, -0.2) is 30.6 Å². The second-order valence-electron chi connectivity index (χ2n) is 4.15. The molecule has 5 nitrogen and oxygen atoms in total. The Labute approximate surface area is 110 Å². The van der Waals surface area contributed by atoms with Crippen LogP contribution in [0.25, 0.3) is 5.52 Å². The fourth-order valence-corrected chi connectivity index (χ4v) is 2.20. The SMILES string of the molecule is COC(=O)Cc1c(C(=O)OC)c(C)c2ccccn12. The molecule has 0 amide bonds. The van der Waals surface area contributed by atoms with Crippen LogP contribution in [-0.2, 0) is 20.7 Å². The molecular weight excluding hydrogens is 246 g/mol. The van der Waals surface area contributed by atoms with Crippen molar-refractivity contribution >= 4 is 17.5 Å². The summed E-state index contributed by atoms with van der Waals surface area (Å²) in [7, 11) is 2.65. The summed E-state index contributed by atoms with van der Waals surface area (Å²) in [6.07, 6.45) is 1.84. The number of aryl methyl sites for hydroxylation is 1. The lowest BCUT2D eigenvalue weighted by atomic mass is 10.1. The molecule has 0 aliphatic heterocycles. The molecule has 2 aromatic heterocycles. The van der Waals surface area contributed by atoms with E-state index in [1.54, 1.807) is 0 Å². The number of hydrogen-bond donors (Lipinski definition) is 0. The number of ether oxygens (including phenoxy) is 2. The number of rotatable bonds is 3. The van der Waals surface area contributed by atoms with Gasteiger partial charge in [0.1, 0.15) is 0 Å². The van der Waals surface area contributed by atoms with Crippen LogP contribution >= 0.6 is 0 Å². The topological polar surface area (TPSA) is 57.0 Å². The summed E-state index contributed by atoms with van der Waals surface area (Å²) < 4.78 is 11.3. The van der Waals surface area contributed by atoms with Gasteiger partial charge in [-0.3, -0.25) is 4.79 Å². The molecule has 0 unspecified atom stereocenters. The van der Waals surface area contributed by atoms with Crippen molar-refractivity contribution in [3.63, 3.8) is 0 Å². The minimum absolute atomic E-state index is 0.0277. The molecule has 0 aliphatic carbocycles. The number of nitrogens with zero attached hydrogens (tertiary/aromatic N) is 1. The van der Waals surface area contributed by atoms with E-state index in [1.165, 1.54) is 14.2 Å². The second-order valence-corrected chi connectivity index (χ2v) is 4.15. The zero-order valence-electron chi connectivity index (χ0n) is 11.1. The molecule has 0 atom stereocenters. The summed E-state index contributed by atoms with van der Waals surface area (Å²) in [6, 6.07) is 5.61. The average Bonchev–Trinajstić information content (AvgIpc) is 2.71. The molecule has 2 aromatic rings. The second kappa shape index (κ2) is 5.14. The van der Waals surface area contributed by atoms with Crippen molar-refractivity contribution in [3.05, 3.63) is 41.2 Å². The first kappa shape index (κ1) is 13.1. The maximum Gasteiger partial charge on any atom is 0.340 e. The molecule has 0 saturated heterocycles.